The molecule has 0 saturated carbocycles. The average molecular weight is 232 g/mol. The van der Waals surface area contributed by atoms with Crippen molar-refractivity contribution in [3.63, 3.8) is 0 Å². The fourth-order valence-electron chi connectivity index (χ4n) is 2.69. The number of hydrogen-bond donors (Lipinski definition) is 1. The van der Waals surface area contributed by atoms with Crippen molar-refractivity contribution in [2.45, 2.75) is 38.6 Å². The van der Waals surface area contributed by atoms with Crippen molar-refractivity contribution < 1.29 is 0 Å². The summed E-state index contributed by atoms with van der Waals surface area (Å²) in [6.07, 6.45) is 5.14. The van der Waals surface area contributed by atoms with E-state index in [0.717, 1.165) is 13.0 Å². The Balaban J connectivity index is 2.00. The molecule has 2 heteroatoms. The van der Waals surface area contributed by atoms with E-state index in [2.05, 4.69) is 48.5 Å². The van der Waals surface area contributed by atoms with E-state index >= 15 is 0 Å². The summed E-state index contributed by atoms with van der Waals surface area (Å²) in [4.78, 5) is 2.40. The zero-order valence-corrected chi connectivity index (χ0v) is 11.1. The number of para-hydroxylation sites is 1. The van der Waals surface area contributed by atoms with Crippen molar-refractivity contribution in [1.29, 1.82) is 0 Å². The van der Waals surface area contributed by atoms with Crippen molar-refractivity contribution in [3.05, 3.63) is 29.8 Å². The first kappa shape index (κ1) is 12.4. The molecule has 0 aromatic heterocycles. The van der Waals surface area contributed by atoms with E-state index in [9.17, 15) is 0 Å². The van der Waals surface area contributed by atoms with Gasteiger partial charge in [-0.1, -0.05) is 31.5 Å². The second-order valence-corrected chi connectivity index (χ2v) is 5.01. The van der Waals surface area contributed by atoms with Crippen molar-refractivity contribution in [2.24, 2.45) is 0 Å². The molecular weight excluding hydrogens is 208 g/mol. The van der Waals surface area contributed by atoms with E-state index in [1.807, 2.05) is 0 Å². The molecule has 0 spiro atoms. The summed E-state index contributed by atoms with van der Waals surface area (Å²) < 4.78 is 0. The quantitative estimate of drug-likeness (QED) is 0.858. The number of aryl methyl sites for hydroxylation is 1. The van der Waals surface area contributed by atoms with Gasteiger partial charge in [0.05, 0.1) is 0 Å². The third-order valence-electron chi connectivity index (χ3n) is 3.69. The number of anilines is 1. The van der Waals surface area contributed by atoms with Gasteiger partial charge in [0.2, 0.25) is 0 Å². The molecule has 1 fully saturated rings. The van der Waals surface area contributed by atoms with E-state index in [1.165, 1.54) is 37.1 Å². The van der Waals surface area contributed by atoms with Crippen LogP contribution >= 0.6 is 0 Å². The molecule has 17 heavy (non-hydrogen) atoms. The fourth-order valence-corrected chi connectivity index (χ4v) is 2.69. The molecule has 2 rings (SSSR count). The summed E-state index contributed by atoms with van der Waals surface area (Å²) in [5.41, 5.74) is 2.84. The van der Waals surface area contributed by atoms with Crippen LogP contribution in [0.15, 0.2) is 24.3 Å². The molecular formula is C15H24N2. The predicted molar refractivity (Wildman–Crippen MR) is 74.7 cm³/mol. The van der Waals surface area contributed by atoms with Gasteiger partial charge in [-0.05, 0) is 37.4 Å². The first-order valence-corrected chi connectivity index (χ1v) is 6.83. The van der Waals surface area contributed by atoms with Gasteiger partial charge in [0, 0.05) is 25.3 Å². The highest BCUT2D eigenvalue weighted by Crippen LogP contribution is 2.20. The summed E-state index contributed by atoms with van der Waals surface area (Å²) >= 11 is 0. The van der Waals surface area contributed by atoms with Crippen LogP contribution in [0.1, 0.15) is 31.7 Å². The third-order valence-corrected chi connectivity index (χ3v) is 3.69. The lowest BCUT2D eigenvalue weighted by Crippen LogP contribution is -2.42. The van der Waals surface area contributed by atoms with E-state index in [-0.39, 0.29) is 0 Å². The lowest BCUT2D eigenvalue weighted by atomic mass is 10.0. The maximum Gasteiger partial charge on any atom is 0.0396 e. The second-order valence-electron chi connectivity index (χ2n) is 5.01. The number of likely N-dealkylation sites (N-methyl/N-ethyl adjacent to an activating group) is 1. The van der Waals surface area contributed by atoms with Crippen LogP contribution in [0.25, 0.3) is 0 Å². The molecule has 1 aliphatic heterocycles. The van der Waals surface area contributed by atoms with Crippen LogP contribution in [-0.2, 0) is 6.42 Å². The molecule has 1 N–H and O–H groups in total. The van der Waals surface area contributed by atoms with Gasteiger partial charge in [0.1, 0.15) is 0 Å². The van der Waals surface area contributed by atoms with Gasteiger partial charge in [0.25, 0.3) is 0 Å². The van der Waals surface area contributed by atoms with E-state index in [1.54, 1.807) is 0 Å². The Bertz CT molecular complexity index is 343. The van der Waals surface area contributed by atoms with Crippen LogP contribution in [0.5, 0.6) is 0 Å². The maximum atomic E-state index is 3.62. The van der Waals surface area contributed by atoms with Crippen LogP contribution in [0.4, 0.5) is 5.69 Å². The predicted octanol–water partition coefficient (Wildman–Crippen LogP) is 2.83. The van der Waals surface area contributed by atoms with Crippen molar-refractivity contribution >= 4 is 5.69 Å². The average Bonchev–Trinajstić information content (AvgIpc) is 2.40. The topological polar surface area (TPSA) is 15.3 Å². The lowest BCUT2D eigenvalue weighted by Gasteiger charge is -2.30. The van der Waals surface area contributed by atoms with Crippen LogP contribution in [-0.4, -0.2) is 26.2 Å². The van der Waals surface area contributed by atoms with Crippen LogP contribution in [0.2, 0.25) is 0 Å². The Morgan fingerprint density at radius 1 is 1.29 bits per heavy atom. The van der Waals surface area contributed by atoms with Gasteiger partial charge in [-0.3, -0.25) is 0 Å². The molecule has 1 saturated heterocycles. The minimum atomic E-state index is 0.665. The summed E-state index contributed by atoms with van der Waals surface area (Å²) in [6.45, 7) is 4.54. The first-order valence-electron chi connectivity index (χ1n) is 6.83. The summed E-state index contributed by atoms with van der Waals surface area (Å²) in [5.74, 6) is 0. The van der Waals surface area contributed by atoms with Gasteiger partial charge in [-0.25, -0.2) is 0 Å². The minimum Gasteiger partial charge on any atom is -0.373 e. The molecule has 0 amide bonds. The van der Waals surface area contributed by atoms with Crippen LogP contribution < -0.4 is 10.2 Å². The van der Waals surface area contributed by atoms with Crippen molar-refractivity contribution in [2.75, 3.05) is 25.0 Å². The Hall–Kier alpha value is -1.02. The summed E-state index contributed by atoms with van der Waals surface area (Å²) in [6, 6.07) is 9.41. The Morgan fingerprint density at radius 2 is 2.12 bits per heavy atom. The second kappa shape index (κ2) is 6.06. The van der Waals surface area contributed by atoms with Crippen LogP contribution in [0.3, 0.4) is 0 Å². The van der Waals surface area contributed by atoms with E-state index < -0.39 is 0 Å². The highest BCUT2D eigenvalue weighted by atomic mass is 15.1. The highest BCUT2D eigenvalue weighted by Gasteiger charge is 2.15. The minimum absolute atomic E-state index is 0.665. The Kier molecular flexibility index (Phi) is 4.43. The number of nitrogens with one attached hydrogen (secondary N) is 1. The Morgan fingerprint density at radius 3 is 2.82 bits per heavy atom. The monoisotopic (exact) mass is 232 g/mol. The van der Waals surface area contributed by atoms with Crippen LogP contribution in [0, 0.1) is 0 Å². The Labute approximate surface area is 105 Å². The number of benzene rings is 1. The highest BCUT2D eigenvalue weighted by molar-refractivity contribution is 5.53. The van der Waals surface area contributed by atoms with Gasteiger partial charge in [-0.2, -0.15) is 0 Å². The molecule has 1 atom stereocenters. The van der Waals surface area contributed by atoms with E-state index in [0.29, 0.717) is 6.04 Å². The van der Waals surface area contributed by atoms with Gasteiger partial charge < -0.3 is 10.2 Å². The standard InChI is InChI=1S/C15H24N2/c1-3-13-8-4-5-10-15(13)17(2)12-14-9-6-7-11-16-14/h4-5,8,10,14,16H,3,6-7,9,11-12H2,1-2H3. The molecule has 0 aliphatic carbocycles. The largest absolute Gasteiger partial charge is 0.373 e. The molecule has 1 aliphatic rings. The van der Waals surface area contributed by atoms with E-state index in [4.69, 9.17) is 0 Å². The molecule has 1 aromatic rings. The lowest BCUT2D eigenvalue weighted by molar-refractivity contribution is 0.403. The third kappa shape index (κ3) is 3.22. The van der Waals surface area contributed by atoms with Gasteiger partial charge in [0.15, 0.2) is 0 Å². The molecule has 1 aromatic carbocycles. The normalized spacial score (nSPS) is 20.2. The zero-order valence-electron chi connectivity index (χ0n) is 11.1. The fraction of sp³-hybridized carbons (Fsp3) is 0.600. The SMILES string of the molecule is CCc1ccccc1N(C)CC1CCCCN1. The first-order chi connectivity index (χ1) is 8.31. The van der Waals surface area contributed by atoms with Gasteiger partial charge >= 0.3 is 0 Å². The van der Waals surface area contributed by atoms with Gasteiger partial charge in [-0.15, -0.1) is 0 Å². The molecule has 1 heterocycles. The number of hydrogen-bond acceptors (Lipinski definition) is 2. The number of piperidine rings is 1. The summed E-state index contributed by atoms with van der Waals surface area (Å²) in [7, 11) is 2.21. The molecule has 0 radical (unpaired) electrons. The molecule has 0 bridgehead atoms. The molecule has 1 unspecified atom stereocenters. The molecule has 94 valence electrons. The molecule has 2 nitrogen and oxygen atoms in total. The number of rotatable bonds is 4. The maximum absolute atomic E-state index is 3.62. The number of nitrogens with zero attached hydrogens (tertiary/aromatic N) is 1. The zero-order chi connectivity index (χ0) is 12.1. The summed E-state index contributed by atoms with van der Waals surface area (Å²) in [5, 5.41) is 3.62. The van der Waals surface area contributed by atoms with Crippen molar-refractivity contribution in [1.82, 2.24) is 5.32 Å². The smallest absolute Gasteiger partial charge is 0.0396 e. The van der Waals surface area contributed by atoms with Crippen molar-refractivity contribution in [3.8, 4) is 0 Å².